The summed E-state index contributed by atoms with van der Waals surface area (Å²) in [6.45, 7) is 1.92. The van der Waals surface area contributed by atoms with Crippen LogP contribution in [0.25, 0.3) is 0 Å². The van der Waals surface area contributed by atoms with Crippen molar-refractivity contribution in [3.63, 3.8) is 0 Å². The number of hydrogen-bond acceptors (Lipinski definition) is 2. The average molecular weight is 176 g/mol. The lowest BCUT2D eigenvalue weighted by Crippen LogP contribution is -2.32. The van der Waals surface area contributed by atoms with Gasteiger partial charge in [0.25, 0.3) is 0 Å². The zero-order valence-electron chi connectivity index (χ0n) is 7.31. The van der Waals surface area contributed by atoms with Crippen LogP contribution in [0.1, 0.15) is 5.69 Å². The summed E-state index contributed by atoms with van der Waals surface area (Å²) < 4.78 is 7.72. The third-order valence-corrected chi connectivity index (χ3v) is 2.76. The van der Waals surface area contributed by atoms with Gasteiger partial charge in [-0.25, -0.2) is 0 Å². The second-order valence-corrected chi connectivity index (χ2v) is 3.58. The van der Waals surface area contributed by atoms with Gasteiger partial charge in [-0.15, -0.1) is 0 Å². The summed E-state index contributed by atoms with van der Waals surface area (Å²) in [4.78, 5) is 0. The van der Waals surface area contributed by atoms with Crippen LogP contribution in [0.4, 0.5) is 0 Å². The van der Waals surface area contributed by atoms with E-state index in [0.717, 1.165) is 13.1 Å². The minimum Gasteiger partial charge on any atom is -0.483 e. The molecule has 3 rings (SSSR count). The fourth-order valence-electron chi connectivity index (χ4n) is 2.01. The number of hydrogen-bond donors (Lipinski definition) is 1. The number of nitrogens with one attached hydrogen (secondary N) is 1. The van der Waals surface area contributed by atoms with Gasteiger partial charge in [0.05, 0.1) is 6.26 Å². The molecule has 0 aromatic carbocycles. The smallest absolute Gasteiger partial charge is 0.157 e. The van der Waals surface area contributed by atoms with Gasteiger partial charge in [-0.1, -0.05) is 0 Å². The van der Waals surface area contributed by atoms with E-state index >= 15 is 0 Å². The molecule has 0 radical (unpaired) electrons. The molecule has 68 valence electrons. The molecule has 0 fully saturated rings. The Morgan fingerprint density at radius 3 is 3.54 bits per heavy atom. The van der Waals surface area contributed by atoms with Gasteiger partial charge in [0.2, 0.25) is 0 Å². The molecular formula is C10H12N2O. The number of ether oxygens (including phenoxy) is 1. The number of aromatic nitrogens is 1. The Labute approximate surface area is 77.0 Å². The summed E-state index contributed by atoms with van der Waals surface area (Å²) in [5.74, 6) is 0.480. The molecule has 0 aliphatic carbocycles. The van der Waals surface area contributed by atoms with Crippen molar-refractivity contribution in [1.29, 1.82) is 0 Å². The van der Waals surface area contributed by atoms with Crippen LogP contribution in [0.15, 0.2) is 30.7 Å². The highest BCUT2D eigenvalue weighted by Gasteiger charge is 2.27. The van der Waals surface area contributed by atoms with Crippen molar-refractivity contribution in [2.45, 2.75) is 19.3 Å². The zero-order chi connectivity index (χ0) is 8.67. The van der Waals surface area contributed by atoms with Crippen molar-refractivity contribution in [2.75, 3.05) is 0 Å². The van der Waals surface area contributed by atoms with Crippen molar-refractivity contribution >= 4 is 0 Å². The Bertz CT molecular complexity index is 342. The van der Waals surface area contributed by atoms with E-state index in [-0.39, 0.29) is 6.23 Å². The first-order chi connectivity index (χ1) is 6.43. The first-order valence-corrected chi connectivity index (χ1v) is 4.63. The topological polar surface area (TPSA) is 26.2 Å². The van der Waals surface area contributed by atoms with Crippen LogP contribution in [-0.4, -0.2) is 10.8 Å². The van der Waals surface area contributed by atoms with Crippen LogP contribution in [0.3, 0.4) is 0 Å². The molecular weight excluding hydrogens is 164 g/mol. The Kier molecular flexibility index (Phi) is 1.46. The third kappa shape index (κ3) is 1.08. The molecule has 1 aromatic rings. The van der Waals surface area contributed by atoms with E-state index in [4.69, 9.17) is 4.74 Å². The van der Waals surface area contributed by atoms with Crippen molar-refractivity contribution in [1.82, 2.24) is 9.88 Å². The molecule has 0 spiro atoms. The van der Waals surface area contributed by atoms with Crippen LogP contribution in [0, 0.1) is 5.92 Å². The second kappa shape index (κ2) is 2.64. The van der Waals surface area contributed by atoms with Gasteiger partial charge in [-0.3, -0.25) is 5.32 Å². The maximum Gasteiger partial charge on any atom is 0.157 e. The molecule has 0 bridgehead atoms. The Morgan fingerprint density at radius 2 is 2.54 bits per heavy atom. The Balaban J connectivity index is 1.94. The van der Waals surface area contributed by atoms with Crippen molar-refractivity contribution in [2.24, 2.45) is 5.92 Å². The summed E-state index contributed by atoms with van der Waals surface area (Å²) in [5.41, 5.74) is 1.34. The molecule has 1 N–H and O–H groups in total. The van der Waals surface area contributed by atoms with Gasteiger partial charge in [-0.05, 0) is 18.2 Å². The molecule has 2 aliphatic rings. The van der Waals surface area contributed by atoms with E-state index in [1.54, 1.807) is 6.26 Å². The maximum absolute atomic E-state index is 5.43. The van der Waals surface area contributed by atoms with Crippen molar-refractivity contribution in [3.8, 4) is 0 Å². The van der Waals surface area contributed by atoms with Crippen molar-refractivity contribution < 1.29 is 4.74 Å². The molecule has 2 aliphatic heterocycles. The zero-order valence-corrected chi connectivity index (χ0v) is 7.31. The molecule has 1 aromatic heterocycles. The molecule has 3 heteroatoms. The molecule has 3 nitrogen and oxygen atoms in total. The van der Waals surface area contributed by atoms with Crippen LogP contribution >= 0.6 is 0 Å². The molecule has 13 heavy (non-hydrogen) atoms. The van der Waals surface area contributed by atoms with E-state index in [1.807, 2.05) is 0 Å². The lowest BCUT2D eigenvalue weighted by molar-refractivity contribution is 0.0992. The van der Waals surface area contributed by atoms with E-state index in [0.29, 0.717) is 5.92 Å². The highest BCUT2D eigenvalue weighted by Crippen LogP contribution is 2.22. The molecule has 3 heterocycles. The molecule has 2 unspecified atom stereocenters. The number of rotatable bonds is 0. The van der Waals surface area contributed by atoms with Crippen LogP contribution in [-0.2, 0) is 17.8 Å². The van der Waals surface area contributed by atoms with Crippen LogP contribution in [0.5, 0.6) is 0 Å². The lowest BCUT2D eigenvalue weighted by Gasteiger charge is -2.15. The third-order valence-electron chi connectivity index (χ3n) is 2.76. The van der Waals surface area contributed by atoms with E-state index < -0.39 is 0 Å². The molecule has 2 atom stereocenters. The van der Waals surface area contributed by atoms with Gasteiger partial charge in [0.1, 0.15) is 0 Å². The minimum atomic E-state index is 0.180. The number of nitrogens with zero attached hydrogens (tertiary/aromatic N) is 1. The second-order valence-electron chi connectivity index (χ2n) is 3.58. The first kappa shape index (κ1) is 7.21. The normalized spacial score (nSPS) is 30.5. The predicted molar refractivity (Wildman–Crippen MR) is 48.8 cm³/mol. The van der Waals surface area contributed by atoms with Crippen LogP contribution in [0.2, 0.25) is 0 Å². The Hall–Kier alpha value is -1.22. The Morgan fingerprint density at radius 1 is 1.54 bits per heavy atom. The highest BCUT2D eigenvalue weighted by molar-refractivity contribution is 5.10. The van der Waals surface area contributed by atoms with Crippen LogP contribution < -0.4 is 5.32 Å². The summed E-state index contributed by atoms with van der Waals surface area (Å²) in [5, 5.41) is 3.38. The summed E-state index contributed by atoms with van der Waals surface area (Å²) in [7, 11) is 0. The van der Waals surface area contributed by atoms with Crippen molar-refractivity contribution in [3.05, 3.63) is 36.4 Å². The summed E-state index contributed by atoms with van der Waals surface area (Å²) in [6, 6.07) is 4.24. The fraction of sp³-hybridized carbons (Fsp3) is 0.400. The summed E-state index contributed by atoms with van der Waals surface area (Å²) >= 11 is 0. The van der Waals surface area contributed by atoms with E-state index in [1.165, 1.54) is 5.69 Å². The van der Waals surface area contributed by atoms with Gasteiger partial charge in [0.15, 0.2) is 6.23 Å². The lowest BCUT2D eigenvalue weighted by atomic mass is 10.1. The maximum atomic E-state index is 5.43. The van der Waals surface area contributed by atoms with Gasteiger partial charge in [-0.2, -0.15) is 0 Å². The largest absolute Gasteiger partial charge is 0.483 e. The quantitative estimate of drug-likeness (QED) is 0.640. The predicted octanol–water partition coefficient (Wildman–Crippen LogP) is 1.08. The highest BCUT2D eigenvalue weighted by atomic mass is 16.5. The average Bonchev–Trinajstić information content (AvgIpc) is 2.72. The monoisotopic (exact) mass is 176 g/mol. The van der Waals surface area contributed by atoms with E-state index in [9.17, 15) is 0 Å². The summed E-state index contributed by atoms with van der Waals surface area (Å²) in [6.07, 6.45) is 6.25. The SMILES string of the molecule is C1=CC2Cn3cccc3CNC2O1. The minimum absolute atomic E-state index is 0.180. The molecule has 0 saturated heterocycles. The van der Waals surface area contributed by atoms with E-state index in [2.05, 4.69) is 34.3 Å². The van der Waals surface area contributed by atoms with Gasteiger partial charge in [0, 0.05) is 30.9 Å². The standard InChI is InChI=1S/C10H12N2O/c1-2-9-6-11-10-8(3-5-13-10)7-12(9)4-1/h1-5,8,10-11H,6-7H2. The first-order valence-electron chi connectivity index (χ1n) is 4.63. The fourth-order valence-corrected chi connectivity index (χ4v) is 2.01. The van der Waals surface area contributed by atoms with Gasteiger partial charge < -0.3 is 9.30 Å². The van der Waals surface area contributed by atoms with Gasteiger partial charge >= 0.3 is 0 Å². The molecule has 0 amide bonds. The number of fused-ring (bicyclic) bond motifs is 2. The molecule has 0 saturated carbocycles.